The van der Waals surface area contributed by atoms with E-state index < -0.39 is 15.8 Å². The molecule has 0 aromatic heterocycles. The molecule has 0 bridgehead atoms. The van der Waals surface area contributed by atoms with Crippen molar-refractivity contribution in [2.75, 3.05) is 44.8 Å². The van der Waals surface area contributed by atoms with Crippen LogP contribution in [0.5, 0.6) is 11.5 Å². The summed E-state index contributed by atoms with van der Waals surface area (Å²) in [6.45, 7) is 3.30. The first-order valence-corrected chi connectivity index (χ1v) is 9.64. The second-order valence-electron chi connectivity index (χ2n) is 6.74. The molecular weight excluding hydrogens is 408 g/mol. The number of rotatable bonds is 7. The van der Waals surface area contributed by atoms with Crippen LogP contribution in [0, 0.1) is 20.2 Å². The first-order chi connectivity index (χ1) is 14.9. The Balaban J connectivity index is 1.83. The predicted octanol–water partition coefficient (Wildman–Crippen LogP) is 2.87. The first kappa shape index (κ1) is 21.8. The number of nitrogens with zero attached hydrogens (tertiary/aromatic N) is 4. The summed E-state index contributed by atoms with van der Waals surface area (Å²) in [5, 5.41) is 22.8. The lowest BCUT2D eigenvalue weighted by atomic mass is 10.1. The zero-order valence-corrected chi connectivity index (χ0v) is 17.1. The Bertz CT molecular complexity index is 1000. The number of amides is 1. The van der Waals surface area contributed by atoms with Gasteiger partial charge in [-0.15, -0.1) is 0 Å². The summed E-state index contributed by atoms with van der Waals surface area (Å²) >= 11 is 0. The van der Waals surface area contributed by atoms with E-state index >= 15 is 0 Å². The van der Waals surface area contributed by atoms with Crippen molar-refractivity contribution >= 4 is 23.0 Å². The highest BCUT2D eigenvalue weighted by Crippen LogP contribution is 2.36. The summed E-state index contributed by atoms with van der Waals surface area (Å²) in [6.07, 6.45) is 0. The lowest BCUT2D eigenvalue weighted by molar-refractivity contribution is -0.385. The van der Waals surface area contributed by atoms with Gasteiger partial charge in [-0.1, -0.05) is 12.1 Å². The minimum Gasteiger partial charge on any atom is -0.493 e. The fourth-order valence-corrected chi connectivity index (χ4v) is 3.51. The van der Waals surface area contributed by atoms with E-state index in [0.29, 0.717) is 25.4 Å². The van der Waals surface area contributed by atoms with Crippen molar-refractivity contribution < 1.29 is 24.1 Å². The molecule has 1 saturated heterocycles. The third kappa shape index (κ3) is 4.49. The number of hydrogen-bond donors (Lipinski definition) is 0. The van der Waals surface area contributed by atoms with Gasteiger partial charge < -0.3 is 19.3 Å². The van der Waals surface area contributed by atoms with Crippen molar-refractivity contribution in [3.8, 4) is 11.5 Å². The maximum Gasteiger partial charge on any atom is 0.292 e. The minimum absolute atomic E-state index is 0.00516. The topological polar surface area (TPSA) is 128 Å². The Morgan fingerprint density at radius 1 is 1.00 bits per heavy atom. The molecule has 3 rings (SSSR count). The van der Waals surface area contributed by atoms with E-state index in [-0.39, 0.29) is 41.5 Å². The maximum atomic E-state index is 13.1. The number of nitro groups is 2. The van der Waals surface area contributed by atoms with Crippen molar-refractivity contribution in [3.05, 3.63) is 62.2 Å². The zero-order valence-electron chi connectivity index (χ0n) is 17.1. The normalized spacial score (nSPS) is 13.6. The van der Waals surface area contributed by atoms with Gasteiger partial charge in [0.25, 0.3) is 17.3 Å². The molecule has 11 nitrogen and oxygen atoms in total. The molecule has 0 unspecified atom stereocenters. The van der Waals surface area contributed by atoms with Crippen LogP contribution in [0.15, 0.2) is 36.4 Å². The molecule has 1 aliphatic heterocycles. The van der Waals surface area contributed by atoms with Crippen molar-refractivity contribution in [2.24, 2.45) is 0 Å². The van der Waals surface area contributed by atoms with Crippen molar-refractivity contribution in [1.82, 2.24) is 4.90 Å². The van der Waals surface area contributed by atoms with Crippen LogP contribution in [0.25, 0.3) is 0 Å². The van der Waals surface area contributed by atoms with Crippen LogP contribution in [0.1, 0.15) is 17.3 Å². The Morgan fingerprint density at radius 2 is 1.65 bits per heavy atom. The molecule has 0 aliphatic carbocycles. The van der Waals surface area contributed by atoms with Crippen molar-refractivity contribution in [3.63, 3.8) is 0 Å². The molecule has 164 valence electrons. The van der Waals surface area contributed by atoms with Crippen LogP contribution in [-0.2, 0) is 0 Å². The smallest absolute Gasteiger partial charge is 0.292 e. The van der Waals surface area contributed by atoms with Crippen molar-refractivity contribution in [2.45, 2.75) is 6.92 Å². The van der Waals surface area contributed by atoms with Crippen LogP contribution in [0.3, 0.4) is 0 Å². The largest absolute Gasteiger partial charge is 0.493 e. The lowest BCUT2D eigenvalue weighted by Gasteiger charge is -2.35. The van der Waals surface area contributed by atoms with Gasteiger partial charge in [0.15, 0.2) is 11.5 Å². The summed E-state index contributed by atoms with van der Waals surface area (Å²) in [4.78, 5) is 38.2. The number of anilines is 1. The Hall–Kier alpha value is -3.89. The summed E-state index contributed by atoms with van der Waals surface area (Å²) in [5.74, 6) is -0.0821. The molecule has 1 heterocycles. The Morgan fingerprint density at radius 3 is 2.23 bits per heavy atom. The van der Waals surface area contributed by atoms with E-state index in [1.54, 1.807) is 25.1 Å². The summed E-state index contributed by atoms with van der Waals surface area (Å²) in [6, 6.07) is 8.93. The van der Waals surface area contributed by atoms with Gasteiger partial charge >= 0.3 is 0 Å². The number of hydrogen-bond acceptors (Lipinski definition) is 8. The van der Waals surface area contributed by atoms with E-state index in [4.69, 9.17) is 9.47 Å². The number of carbonyl (C=O) groups excluding carboxylic acids is 1. The number of ether oxygens (including phenoxy) is 2. The lowest BCUT2D eigenvalue weighted by Crippen LogP contribution is -2.49. The molecule has 2 aromatic rings. The number of para-hydroxylation sites is 2. The van der Waals surface area contributed by atoms with E-state index in [1.807, 2.05) is 4.90 Å². The van der Waals surface area contributed by atoms with Crippen LogP contribution in [0.2, 0.25) is 0 Å². The molecule has 0 saturated carbocycles. The van der Waals surface area contributed by atoms with Gasteiger partial charge in [0.05, 0.1) is 29.6 Å². The number of carbonyl (C=O) groups is 1. The van der Waals surface area contributed by atoms with Crippen LogP contribution >= 0.6 is 0 Å². The molecule has 0 spiro atoms. The van der Waals surface area contributed by atoms with Gasteiger partial charge in [-0.05, 0) is 13.0 Å². The highest BCUT2D eigenvalue weighted by molar-refractivity contribution is 5.99. The molecule has 11 heteroatoms. The molecule has 1 aliphatic rings. The third-order valence-electron chi connectivity index (χ3n) is 4.99. The van der Waals surface area contributed by atoms with Gasteiger partial charge in [-0.2, -0.15) is 0 Å². The minimum atomic E-state index is -0.630. The number of benzene rings is 2. The highest BCUT2D eigenvalue weighted by atomic mass is 16.6. The molecule has 2 aromatic carbocycles. The number of nitro benzene ring substituents is 2. The van der Waals surface area contributed by atoms with Gasteiger partial charge in [0, 0.05) is 38.3 Å². The van der Waals surface area contributed by atoms with Gasteiger partial charge in [-0.25, -0.2) is 0 Å². The monoisotopic (exact) mass is 430 g/mol. The number of piperazine rings is 1. The number of methoxy groups -OCH3 is 1. The fourth-order valence-electron chi connectivity index (χ4n) is 3.51. The second kappa shape index (κ2) is 9.28. The first-order valence-electron chi connectivity index (χ1n) is 9.64. The zero-order chi connectivity index (χ0) is 22.5. The molecule has 1 fully saturated rings. The maximum absolute atomic E-state index is 13.1. The summed E-state index contributed by atoms with van der Waals surface area (Å²) < 4.78 is 10.6. The average Bonchev–Trinajstić information content (AvgIpc) is 2.78. The average molecular weight is 430 g/mol. The quantitative estimate of drug-likeness (QED) is 0.484. The summed E-state index contributed by atoms with van der Waals surface area (Å²) in [7, 11) is 1.37. The molecule has 0 N–H and O–H groups in total. The molecule has 0 atom stereocenters. The van der Waals surface area contributed by atoms with Gasteiger partial charge in [0.2, 0.25) is 0 Å². The van der Waals surface area contributed by atoms with Crippen molar-refractivity contribution in [1.29, 1.82) is 0 Å². The van der Waals surface area contributed by atoms with Crippen LogP contribution in [-0.4, -0.2) is 60.5 Å². The standard InChI is InChI=1S/C20H22N4O7/c1-3-31-19-12-14(17(24(28)29)13-18(19)30-2)20(25)22-10-8-21(9-11-22)15-6-4-5-7-16(15)23(26)27/h4-7,12-13H,3,8-11H2,1-2H3. The fraction of sp³-hybridized carbons (Fsp3) is 0.350. The SMILES string of the molecule is CCOc1cc(C(=O)N2CCN(c3ccccc3[N+](=O)[O-])CC2)c([N+](=O)[O-])cc1OC. The Labute approximate surface area is 178 Å². The second-order valence-corrected chi connectivity index (χ2v) is 6.74. The molecular formula is C20H22N4O7. The highest BCUT2D eigenvalue weighted by Gasteiger charge is 2.31. The van der Waals surface area contributed by atoms with E-state index in [2.05, 4.69) is 0 Å². The Kier molecular flexibility index (Phi) is 6.53. The van der Waals surface area contributed by atoms with E-state index in [1.165, 1.54) is 30.2 Å². The van der Waals surface area contributed by atoms with Gasteiger partial charge in [-0.3, -0.25) is 25.0 Å². The summed E-state index contributed by atoms with van der Waals surface area (Å²) in [5.41, 5.74) is 0.0166. The third-order valence-corrected chi connectivity index (χ3v) is 4.99. The molecule has 31 heavy (non-hydrogen) atoms. The van der Waals surface area contributed by atoms with E-state index in [9.17, 15) is 25.0 Å². The van der Waals surface area contributed by atoms with Crippen LogP contribution in [0.4, 0.5) is 17.1 Å². The van der Waals surface area contributed by atoms with E-state index in [0.717, 1.165) is 0 Å². The predicted molar refractivity (Wildman–Crippen MR) is 112 cm³/mol. The molecule has 0 radical (unpaired) electrons. The van der Waals surface area contributed by atoms with Crippen LogP contribution < -0.4 is 14.4 Å². The molecule has 1 amide bonds. The van der Waals surface area contributed by atoms with Gasteiger partial charge in [0.1, 0.15) is 11.3 Å².